The summed E-state index contributed by atoms with van der Waals surface area (Å²) in [4.78, 5) is 72.2. The summed E-state index contributed by atoms with van der Waals surface area (Å²) in [5, 5.41) is 0. The number of rotatable bonds is 13. The van der Waals surface area contributed by atoms with E-state index in [9.17, 15) is 28.8 Å². The molecule has 0 heterocycles. The zero-order chi connectivity index (χ0) is 26.6. The lowest BCUT2D eigenvalue weighted by Gasteiger charge is -2.25. The smallest absolute Gasteiger partial charge is 0.334 e. The molecule has 0 aliphatic rings. The summed E-state index contributed by atoms with van der Waals surface area (Å²) in [5.41, 5.74) is -0.662. The summed E-state index contributed by atoms with van der Waals surface area (Å²) >= 11 is 0. The van der Waals surface area contributed by atoms with Crippen LogP contribution in [0, 0.1) is 11.8 Å². The highest BCUT2D eigenvalue weighted by Crippen LogP contribution is 2.22. The zero-order valence-corrected chi connectivity index (χ0v) is 20.0. The monoisotopic (exact) mass is 486 g/mol. The summed E-state index contributed by atoms with van der Waals surface area (Å²) in [7, 11) is 4.35. The lowest BCUT2D eigenvalue weighted by atomic mass is 9.96. The zero-order valence-electron chi connectivity index (χ0n) is 20.0. The van der Waals surface area contributed by atoms with Crippen molar-refractivity contribution in [1.82, 2.24) is 0 Å². The van der Waals surface area contributed by atoms with Crippen LogP contribution in [0.1, 0.15) is 26.7 Å². The third-order valence-electron chi connectivity index (χ3n) is 4.77. The molecule has 0 aromatic heterocycles. The maximum absolute atomic E-state index is 12.6. The second-order valence-electron chi connectivity index (χ2n) is 6.98. The second kappa shape index (κ2) is 14.4. The Morgan fingerprint density at radius 2 is 0.882 bits per heavy atom. The Bertz CT molecular complexity index is 760. The topological polar surface area (TPSA) is 158 Å². The fourth-order valence-electron chi connectivity index (χ4n) is 2.47. The normalized spacial score (nSPS) is 13.7. The molecule has 0 N–H and O–H groups in total. The van der Waals surface area contributed by atoms with Crippen molar-refractivity contribution in [2.45, 2.75) is 38.9 Å². The minimum Gasteiger partial charge on any atom is -0.469 e. The van der Waals surface area contributed by atoms with Crippen LogP contribution in [0.4, 0.5) is 0 Å². The van der Waals surface area contributed by atoms with E-state index in [-0.39, 0.29) is 11.1 Å². The summed E-state index contributed by atoms with van der Waals surface area (Å²) in [6.45, 7) is 9.71. The van der Waals surface area contributed by atoms with E-state index in [2.05, 4.69) is 32.1 Å². The Labute approximate surface area is 197 Å². The number of hydrogen-bond acceptors (Lipinski definition) is 12. The van der Waals surface area contributed by atoms with Gasteiger partial charge in [0.05, 0.1) is 53.1 Å². The molecule has 0 aliphatic heterocycles. The van der Waals surface area contributed by atoms with Crippen molar-refractivity contribution >= 4 is 35.8 Å². The molecule has 0 radical (unpaired) electrons. The Morgan fingerprint density at radius 1 is 0.588 bits per heavy atom. The van der Waals surface area contributed by atoms with E-state index >= 15 is 0 Å². The second-order valence-corrected chi connectivity index (χ2v) is 6.98. The third kappa shape index (κ3) is 9.04. The van der Waals surface area contributed by atoms with E-state index in [0.717, 1.165) is 28.4 Å². The van der Waals surface area contributed by atoms with Gasteiger partial charge in [0.2, 0.25) is 0 Å². The highest BCUT2D eigenvalue weighted by atomic mass is 16.6. The van der Waals surface area contributed by atoms with Crippen molar-refractivity contribution in [2.24, 2.45) is 11.8 Å². The highest BCUT2D eigenvalue weighted by molar-refractivity contribution is 5.97. The van der Waals surface area contributed by atoms with Crippen LogP contribution in [0.25, 0.3) is 0 Å². The average molecular weight is 486 g/mol. The summed E-state index contributed by atoms with van der Waals surface area (Å²) < 4.78 is 28.6. The molecular weight excluding hydrogens is 456 g/mol. The Morgan fingerprint density at radius 3 is 1.12 bits per heavy atom. The van der Waals surface area contributed by atoms with Crippen molar-refractivity contribution in [2.75, 3.05) is 28.4 Å². The third-order valence-corrected chi connectivity index (χ3v) is 4.77. The van der Waals surface area contributed by atoms with Crippen LogP contribution in [0.2, 0.25) is 0 Å². The first-order chi connectivity index (χ1) is 15.8. The largest absolute Gasteiger partial charge is 0.469 e. The maximum atomic E-state index is 12.6. The molecule has 4 atom stereocenters. The molecule has 4 unspecified atom stereocenters. The maximum Gasteiger partial charge on any atom is 0.334 e. The van der Waals surface area contributed by atoms with Crippen molar-refractivity contribution in [1.29, 1.82) is 0 Å². The fourth-order valence-corrected chi connectivity index (χ4v) is 2.47. The first-order valence-corrected chi connectivity index (χ1v) is 9.93. The molecule has 34 heavy (non-hydrogen) atoms. The van der Waals surface area contributed by atoms with Gasteiger partial charge in [-0.15, -0.1) is 0 Å². The van der Waals surface area contributed by atoms with Crippen molar-refractivity contribution in [3.05, 3.63) is 24.3 Å². The predicted molar refractivity (Wildman–Crippen MR) is 114 cm³/mol. The highest BCUT2D eigenvalue weighted by Gasteiger charge is 2.35. The number of carbonyl (C=O) groups is 6. The van der Waals surface area contributed by atoms with Gasteiger partial charge in [-0.2, -0.15) is 0 Å². The number of carbonyl (C=O) groups excluding carboxylic acids is 6. The summed E-state index contributed by atoms with van der Waals surface area (Å²) in [5.74, 6) is -8.29. The quantitative estimate of drug-likeness (QED) is 0.204. The van der Waals surface area contributed by atoms with Crippen LogP contribution in [0.5, 0.6) is 0 Å². The van der Waals surface area contributed by atoms with E-state index < -0.39 is 72.7 Å². The number of ether oxygens (including phenoxy) is 6. The first-order valence-electron chi connectivity index (χ1n) is 9.93. The molecule has 12 heteroatoms. The van der Waals surface area contributed by atoms with E-state index in [4.69, 9.17) is 9.47 Å². The first kappa shape index (κ1) is 30.3. The van der Waals surface area contributed by atoms with Crippen LogP contribution in [0.3, 0.4) is 0 Å². The molecule has 0 spiro atoms. The van der Waals surface area contributed by atoms with E-state index in [0.29, 0.717) is 0 Å². The van der Waals surface area contributed by atoms with Crippen molar-refractivity contribution in [3.8, 4) is 0 Å². The summed E-state index contributed by atoms with van der Waals surface area (Å²) in [6.07, 6.45) is -3.23. The van der Waals surface area contributed by atoms with Crippen molar-refractivity contribution in [3.63, 3.8) is 0 Å². The number of esters is 6. The van der Waals surface area contributed by atoms with Gasteiger partial charge in [-0.25, -0.2) is 9.59 Å². The molecule has 0 aromatic rings. The molecule has 0 saturated carbocycles. The van der Waals surface area contributed by atoms with E-state index in [1.54, 1.807) is 0 Å². The molecule has 12 nitrogen and oxygen atoms in total. The van der Waals surface area contributed by atoms with Crippen LogP contribution in [0.15, 0.2) is 24.3 Å². The summed E-state index contributed by atoms with van der Waals surface area (Å²) in [6, 6.07) is 0. The molecule has 0 aromatic carbocycles. The van der Waals surface area contributed by atoms with Gasteiger partial charge in [0.15, 0.2) is 0 Å². The van der Waals surface area contributed by atoms with Crippen LogP contribution >= 0.6 is 0 Å². The van der Waals surface area contributed by atoms with Gasteiger partial charge in [0, 0.05) is 11.1 Å². The van der Waals surface area contributed by atoms with Gasteiger partial charge in [-0.3, -0.25) is 19.2 Å². The van der Waals surface area contributed by atoms with Crippen LogP contribution in [-0.4, -0.2) is 76.5 Å². The standard InChI is InChI=1S/C22H30O12/c1-11(19(25)31-7)15(9-17(23)29-5)21(27)33-13(3)14(4)34-22(28)16(10-18(24)30-6)12(2)20(26)32-8/h13-16H,1-2,9-10H2,3-8H3. The van der Waals surface area contributed by atoms with Gasteiger partial charge in [0.1, 0.15) is 12.2 Å². The number of hydrogen-bond donors (Lipinski definition) is 0. The van der Waals surface area contributed by atoms with Crippen LogP contribution in [-0.2, 0) is 57.2 Å². The van der Waals surface area contributed by atoms with Gasteiger partial charge in [-0.05, 0) is 13.8 Å². The van der Waals surface area contributed by atoms with Gasteiger partial charge in [-0.1, -0.05) is 13.2 Å². The van der Waals surface area contributed by atoms with E-state index in [1.807, 2.05) is 0 Å². The molecule has 0 amide bonds. The van der Waals surface area contributed by atoms with E-state index in [1.165, 1.54) is 13.8 Å². The SMILES string of the molecule is C=C(C(=O)OC)C(CC(=O)OC)C(=O)OC(C)C(C)OC(=O)C(CC(=O)OC)C(=C)C(=O)OC. The van der Waals surface area contributed by atoms with Gasteiger partial charge >= 0.3 is 35.8 Å². The fraction of sp³-hybridized carbons (Fsp3) is 0.545. The Kier molecular flexibility index (Phi) is 12.9. The molecule has 0 saturated heterocycles. The predicted octanol–water partition coefficient (Wildman–Crippen LogP) is 0.667. The lowest BCUT2D eigenvalue weighted by molar-refractivity contribution is -0.171. The molecule has 0 aliphatic carbocycles. The minimum atomic E-state index is -1.41. The lowest BCUT2D eigenvalue weighted by Crippen LogP contribution is -2.37. The average Bonchev–Trinajstić information content (AvgIpc) is 2.82. The van der Waals surface area contributed by atoms with Crippen LogP contribution < -0.4 is 0 Å². The Hall–Kier alpha value is -3.70. The van der Waals surface area contributed by atoms with Gasteiger partial charge < -0.3 is 28.4 Å². The number of methoxy groups -OCH3 is 4. The van der Waals surface area contributed by atoms with Crippen molar-refractivity contribution < 1.29 is 57.2 Å². The molecule has 190 valence electrons. The Balaban J connectivity index is 5.47. The van der Waals surface area contributed by atoms with Gasteiger partial charge in [0.25, 0.3) is 0 Å². The molecular formula is C22H30O12. The minimum absolute atomic E-state index is 0.331. The molecule has 0 fully saturated rings. The molecule has 0 bridgehead atoms. The molecule has 0 rings (SSSR count).